The third kappa shape index (κ3) is 7.67. The van der Waals surface area contributed by atoms with Crippen LogP contribution in [0.4, 0.5) is 0 Å². The molecule has 0 saturated heterocycles. The molecular weight excluding hydrogens is 496 g/mol. The van der Waals surface area contributed by atoms with Crippen molar-refractivity contribution in [2.45, 2.75) is 52.4 Å². The van der Waals surface area contributed by atoms with E-state index in [1.807, 2.05) is 46.2 Å². The summed E-state index contributed by atoms with van der Waals surface area (Å²) in [6, 6.07) is 18.1. The Kier molecular flexibility index (Phi) is 10.4. The van der Waals surface area contributed by atoms with Crippen molar-refractivity contribution < 1.29 is 19.4 Å². The molecule has 0 bridgehead atoms. The molecule has 2 unspecified atom stereocenters. The summed E-state index contributed by atoms with van der Waals surface area (Å²) < 4.78 is 12.0. The molecule has 0 aliphatic carbocycles. The monoisotopic (exact) mass is 536 g/mol. The van der Waals surface area contributed by atoms with Gasteiger partial charge in [0.05, 0.1) is 31.9 Å². The molecule has 1 aliphatic rings. The number of ether oxygens (including phenoxy) is 2. The van der Waals surface area contributed by atoms with Crippen LogP contribution in [0.2, 0.25) is 0 Å². The average Bonchev–Trinajstić information content (AvgIpc) is 3.38. The van der Waals surface area contributed by atoms with Crippen LogP contribution in [0.5, 0.6) is 5.75 Å². The molecule has 2 aromatic carbocycles. The largest absolute Gasteiger partial charge is 0.491 e. The lowest BCUT2D eigenvalue weighted by atomic mass is 10.00. The van der Waals surface area contributed by atoms with Crippen LogP contribution < -0.4 is 4.74 Å². The molecule has 0 saturated carbocycles. The van der Waals surface area contributed by atoms with Crippen molar-refractivity contribution in [2.24, 2.45) is 0 Å². The van der Waals surface area contributed by atoms with Gasteiger partial charge in [-0.15, -0.1) is 11.3 Å². The first-order valence-electron chi connectivity index (χ1n) is 13.5. The maximum atomic E-state index is 13.6. The quantitative estimate of drug-likeness (QED) is 0.327. The zero-order valence-corrected chi connectivity index (χ0v) is 23.6. The van der Waals surface area contributed by atoms with Crippen molar-refractivity contribution in [3.63, 3.8) is 0 Å². The average molecular weight is 537 g/mol. The second kappa shape index (κ2) is 13.9. The molecule has 0 spiro atoms. The Labute approximate surface area is 230 Å². The van der Waals surface area contributed by atoms with Gasteiger partial charge in [0.15, 0.2) is 0 Å². The van der Waals surface area contributed by atoms with E-state index in [4.69, 9.17) is 9.47 Å². The van der Waals surface area contributed by atoms with Crippen molar-refractivity contribution in [3.05, 3.63) is 87.1 Å². The van der Waals surface area contributed by atoms with Gasteiger partial charge in [0, 0.05) is 18.0 Å². The van der Waals surface area contributed by atoms with Gasteiger partial charge in [0.25, 0.3) is 0 Å². The number of nitrogens with zero attached hydrogens (tertiary/aromatic N) is 2. The minimum Gasteiger partial charge on any atom is -0.491 e. The lowest BCUT2D eigenvalue weighted by molar-refractivity contribution is -0.136. The van der Waals surface area contributed by atoms with Gasteiger partial charge in [-0.1, -0.05) is 55.0 Å². The van der Waals surface area contributed by atoms with Gasteiger partial charge in [-0.3, -0.25) is 9.69 Å². The minimum atomic E-state index is -0.661. The summed E-state index contributed by atoms with van der Waals surface area (Å²) >= 11 is 1.76. The highest BCUT2D eigenvalue weighted by molar-refractivity contribution is 7.10. The third-order valence-corrected chi connectivity index (χ3v) is 7.93. The van der Waals surface area contributed by atoms with Gasteiger partial charge in [0.2, 0.25) is 5.91 Å². The normalized spacial score (nSPS) is 15.9. The third-order valence-electron chi connectivity index (χ3n) is 6.93. The number of aliphatic hydroxyl groups is 1. The smallest absolute Gasteiger partial charge is 0.237 e. The Balaban J connectivity index is 1.37. The summed E-state index contributed by atoms with van der Waals surface area (Å²) in [7, 11) is 0. The van der Waals surface area contributed by atoms with Crippen LogP contribution in [0.15, 0.2) is 60.0 Å². The van der Waals surface area contributed by atoms with Crippen LogP contribution in [-0.4, -0.2) is 66.3 Å². The summed E-state index contributed by atoms with van der Waals surface area (Å²) in [6.07, 6.45) is 1.10. The van der Waals surface area contributed by atoms with E-state index in [0.717, 1.165) is 36.3 Å². The fraction of sp³-hybridized carbons (Fsp3) is 0.452. The van der Waals surface area contributed by atoms with Crippen LogP contribution >= 0.6 is 11.3 Å². The fourth-order valence-electron chi connectivity index (χ4n) is 5.08. The Bertz CT molecular complexity index is 1170. The number of aryl methyl sites for hydroxylation is 2. The van der Waals surface area contributed by atoms with Gasteiger partial charge in [-0.25, -0.2) is 0 Å². The molecule has 0 radical (unpaired) electrons. The summed E-state index contributed by atoms with van der Waals surface area (Å²) in [6.45, 7) is 9.42. The summed E-state index contributed by atoms with van der Waals surface area (Å²) in [4.78, 5) is 19.0. The fourth-order valence-corrected chi connectivity index (χ4v) is 6.00. The van der Waals surface area contributed by atoms with E-state index in [2.05, 4.69) is 44.4 Å². The second-order valence-electron chi connectivity index (χ2n) is 10.1. The molecule has 1 N–H and O–H groups in total. The summed E-state index contributed by atoms with van der Waals surface area (Å²) in [5, 5.41) is 12.8. The number of thiophene rings is 1. The molecule has 1 aromatic heterocycles. The predicted molar refractivity (Wildman–Crippen MR) is 153 cm³/mol. The van der Waals surface area contributed by atoms with Crippen molar-refractivity contribution >= 4 is 17.2 Å². The van der Waals surface area contributed by atoms with E-state index in [0.29, 0.717) is 26.3 Å². The first kappa shape index (κ1) is 28.3. The molecule has 204 valence electrons. The van der Waals surface area contributed by atoms with Crippen LogP contribution in [0, 0.1) is 13.8 Å². The number of fused-ring (bicyclic) bond motifs is 1. The number of benzene rings is 2. The standard InChI is InChI=1S/C31H40N2O4S/c1-4-14-32(18-26(34)21-36-20-25-8-6-5-7-9-25)19-31(35)33-15-12-30-27(13-16-38-30)28(33)22-37-29-11-10-23(2)17-24(29)3/h5-11,13,16-17,26,28,34H,4,12,14-15,18-22H2,1-3H3. The van der Waals surface area contributed by atoms with E-state index in [1.54, 1.807) is 11.3 Å². The van der Waals surface area contributed by atoms with Crippen molar-refractivity contribution in [1.82, 2.24) is 9.80 Å². The predicted octanol–water partition coefficient (Wildman–Crippen LogP) is 5.16. The molecule has 1 amide bonds. The minimum absolute atomic E-state index is 0.0712. The zero-order chi connectivity index (χ0) is 26.9. The lowest BCUT2D eigenvalue weighted by Crippen LogP contribution is -2.48. The van der Waals surface area contributed by atoms with Crippen LogP contribution in [0.25, 0.3) is 0 Å². The van der Waals surface area contributed by atoms with Crippen molar-refractivity contribution in [2.75, 3.05) is 39.4 Å². The van der Waals surface area contributed by atoms with Gasteiger partial charge in [-0.2, -0.15) is 0 Å². The van der Waals surface area contributed by atoms with E-state index >= 15 is 0 Å². The maximum absolute atomic E-state index is 13.6. The molecule has 4 rings (SSSR count). The molecular formula is C31H40N2O4S. The first-order chi connectivity index (χ1) is 18.4. The highest BCUT2D eigenvalue weighted by Crippen LogP contribution is 2.34. The SMILES string of the molecule is CCCN(CC(=O)N1CCc2sccc2C1COc1ccc(C)cc1C)CC(O)COCc1ccccc1. The van der Waals surface area contributed by atoms with E-state index in [9.17, 15) is 9.90 Å². The van der Waals surface area contributed by atoms with Crippen molar-refractivity contribution in [1.29, 1.82) is 0 Å². The number of aliphatic hydroxyl groups excluding tert-OH is 1. The Morgan fingerprint density at radius 1 is 1.18 bits per heavy atom. The summed E-state index contributed by atoms with van der Waals surface area (Å²) in [5.74, 6) is 0.929. The first-order valence-corrected chi connectivity index (χ1v) is 14.4. The van der Waals surface area contributed by atoms with Gasteiger partial charge < -0.3 is 19.5 Å². The molecule has 2 atom stereocenters. The van der Waals surface area contributed by atoms with Crippen LogP contribution in [-0.2, 0) is 22.6 Å². The Morgan fingerprint density at radius 3 is 2.76 bits per heavy atom. The van der Waals surface area contributed by atoms with Crippen molar-refractivity contribution in [3.8, 4) is 5.75 Å². The zero-order valence-electron chi connectivity index (χ0n) is 22.8. The van der Waals surface area contributed by atoms with Gasteiger partial charge >= 0.3 is 0 Å². The number of rotatable bonds is 13. The van der Waals surface area contributed by atoms with Crippen LogP contribution in [0.1, 0.15) is 46.5 Å². The van der Waals surface area contributed by atoms with Gasteiger partial charge in [-0.05, 0) is 67.4 Å². The van der Waals surface area contributed by atoms with E-state index < -0.39 is 6.10 Å². The number of carbonyl (C=O) groups excluding carboxylic acids is 1. The van der Waals surface area contributed by atoms with E-state index in [1.165, 1.54) is 16.0 Å². The number of carbonyl (C=O) groups is 1. The molecule has 38 heavy (non-hydrogen) atoms. The number of hydrogen-bond donors (Lipinski definition) is 1. The molecule has 2 heterocycles. The maximum Gasteiger partial charge on any atom is 0.237 e. The van der Waals surface area contributed by atoms with Gasteiger partial charge in [0.1, 0.15) is 12.4 Å². The number of amides is 1. The summed E-state index contributed by atoms with van der Waals surface area (Å²) in [5.41, 5.74) is 4.57. The number of hydrogen-bond acceptors (Lipinski definition) is 6. The molecule has 1 aliphatic heterocycles. The molecule has 3 aromatic rings. The molecule has 0 fully saturated rings. The van der Waals surface area contributed by atoms with E-state index in [-0.39, 0.29) is 25.1 Å². The lowest BCUT2D eigenvalue weighted by Gasteiger charge is -2.37. The second-order valence-corrected chi connectivity index (χ2v) is 11.1. The highest BCUT2D eigenvalue weighted by Gasteiger charge is 2.33. The topological polar surface area (TPSA) is 62.2 Å². The molecule has 6 nitrogen and oxygen atoms in total. The Hall–Kier alpha value is -2.71. The Morgan fingerprint density at radius 2 is 2.00 bits per heavy atom. The molecule has 7 heteroatoms. The highest BCUT2D eigenvalue weighted by atomic mass is 32.1. The van der Waals surface area contributed by atoms with Crippen LogP contribution in [0.3, 0.4) is 0 Å².